The Balaban J connectivity index is 2.21. The van der Waals surface area contributed by atoms with E-state index >= 15 is 0 Å². The van der Waals surface area contributed by atoms with Gasteiger partial charge in [0.25, 0.3) is 0 Å². The molecule has 2 aromatic heterocycles. The Bertz CT molecular complexity index is 981. The molecule has 116 valence electrons. The maximum atomic E-state index is 9.67. The minimum absolute atomic E-state index is 0.117. The first-order valence-corrected chi connectivity index (χ1v) is 8.54. The van der Waals surface area contributed by atoms with Gasteiger partial charge in [0.05, 0.1) is 5.56 Å². The molecule has 3 rings (SSSR count). The van der Waals surface area contributed by atoms with Crippen LogP contribution in [0.4, 0.5) is 11.5 Å². The summed E-state index contributed by atoms with van der Waals surface area (Å²) in [5, 5.41) is 21.5. The molecule has 0 atom stereocenters. The fraction of sp³-hybridized carbons (Fsp3) is 0. The summed E-state index contributed by atoms with van der Waals surface area (Å²) in [6, 6.07) is 15.3. The highest BCUT2D eigenvalue weighted by Gasteiger charge is 2.21. The van der Waals surface area contributed by atoms with Crippen LogP contribution in [0.2, 0.25) is 0 Å². The first-order chi connectivity index (χ1) is 11.6. The third-order valence-corrected chi connectivity index (χ3v) is 5.12. The third kappa shape index (κ3) is 2.91. The summed E-state index contributed by atoms with van der Waals surface area (Å²) in [6.45, 7) is 0. The maximum absolute atomic E-state index is 9.67. The molecule has 0 unspecified atom stereocenters. The van der Waals surface area contributed by atoms with E-state index in [1.807, 2.05) is 29.6 Å². The second-order valence-electron chi connectivity index (χ2n) is 4.80. The van der Waals surface area contributed by atoms with Gasteiger partial charge in [-0.25, -0.2) is 4.98 Å². The normalized spacial score (nSPS) is 10.1. The Kier molecular flexibility index (Phi) is 4.39. The summed E-state index contributed by atoms with van der Waals surface area (Å²) in [6.07, 6.45) is 0. The summed E-state index contributed by atoms with van der Waals surface area (Å²) in [7, 11) is 0. The van der Waals surface area contributed by atoms with Gasteiger partial charge in [0.1, 0.15) is 28.5 Å². The van der Waals surface area contributed by atoms with Gasteiger partial charge >= 0.3 is 0 Å². The van der Waals surface area contributed by atoms with Crippen LogP contribution >= 0.6 is 23.1 Å². The summed E-state index contributed by atoms with van der Waals surface area (Å²) < 4.78 is 0. The molecule has 0 aliphatic carbocycles. The molecule has 3 aromatic rings. The zero-order valence-electron chi connectivity index (χ0n) is 12.4. The summed E-state index contributed by atoms with van der Waals surface area (Å²) >= 11 is 2.75. The average molecular weight is 349 g/mol. The van der Waals surface area contributed by atoms with Crippen LogP contribution in [0, 0.1) is 22.7 Å². The number of nitriles is 2. The molecule has 0 fully saturated rings. The van der Waals surface area contributed by atoms with E-state index < -0.39 is 0 Å². The molecule has 0 spiro atoms. The Morgan fingerprint density at radius 2 is 1.83 bits per heavy atom. The van der Waals surface area contributed by atoms with Gasteiger partial charge in [-0.3, -0.25) is 0 Å². The van der Waals surface area contributed by atoms with Crippen molar-refractivity contribution in [1.82, 2.24) is 4.98 Å². The minimum Gasteiger partial charge on any atom is -0.399 e. The number of hydrogen-bond donors (Lipinski definition) is 2. The van der Waals surface area contributed by atoms with Crippen LogP contribution in [0.15, 0.2) is 51.7 Å². The van der Waals surface area contributed by atoms with Gasteiger partial charge in [0.2, 0.25) is 0 Å². The molecule has 0 aliphatic rings. The number of aromatic nitrogens is 1. The molecule has 0 aliphatic heterocycles. The first-order valence-electron chi connectivity index (χ1n) is 6.85. The van der Waals surface area contributed by atoms with Crippen LogP contribution < -0.4 is 11.5 Å². The Morgan fingerprint density at radius 1 is 1.04 bits per heavy atom. The van der Waals surface area contributed by atoms with Crippen LogP contribution in [0.1, 0.15) is 11.1 Å². The second-order valence-corrected chi connectivity index (χ2v) is 6.81. The quantitative estimate of drug-likeness (QED) is 0.694. The zero-order chi connectivity index (χ0) is 17.1. The first kappa shape index (κ1) is 15.9. The number of nitrogens with zero attached hydrogens (tertiary/aromatic N) is 3. The maximum Gasteiger partial charge on any atom is 0.143 e. The number of nitrogens with two attached hydrogens (primary N) is 2. The molecule has 0 bridgehead atoms. The number of rotatable bonds is 3. The smallest absolute Gasteiger partial charge is 0.143 e. The van der Waals surface area contributed by atoms with E-state index in [2.05, 4.69) is 17.1 Å². The number of nitrogen functional groups attached to an aromatic ring is 2. The van der Waals surface area contributed by atoms with Crippen LogP contribution in [0.5, 0.6) is 0 Å². The van der Waals surface area contributed by atoms with Crippen LogP contribution in [0.25, 0.3) is 10.4 Å². The molecule has 5 nitrogen and oxygen atoms in total. The van der Waals surface area contributed by atoms with Gasteiger partial charge in [-0.15, -0.1) is 11.3 Å². The number of hydrogen-bond acceptors (Lipinski definition) is 7. The van der Waals surface area contributed by atoms with Gasteiger partial charge in [0, 0.05) is 21.0 Å². The monoisotopic (exact) mass is 349 g/mol. The van der Waals surface area contributed by atoms with E-state index in [9.17, 15) is 10.5 Å². The van der Waals surface area contributed by atoms with Crippen molar-refractivity contribution in [3.05, 3.63) is 52.9 Å². The molecule has 0 amide bonds. The SMILES string of the molecule is N#Cc1c(N)nc(Sc2cccc(N)c2)c(C#N)c1-c1cccs1. The van der Waals surface area contributed by atoms with Crippen molar-refractivity contribution in [1.29, 1.82) is 10.5 Å². The zero-order valence-corrected chi connectivity index (χ0v) is 14.0. The highest BCUT2D eigenvalue weighted by Crippen LogP contribution is 2.39. The van der Waals surface area contributed by atoms with Crippen LogP contribution in [-0.4, -0.2) is 4.98 Å². The number of pyridine rings is 1. The van der Waals surface area contributed by atoms with E-state index in [0.717, 1.165) is 9.77 Å². The van der Waals surface area contributed by atoms with Crippen molar-refractivity contribution in [2.75, 3.05) is 11.5 Å². The van der Waals surface area contributed by atoms with Crippen LogP contribution in [-0.2, 0) is 0 Å². The lowest BCUT2D eigenvalue weighted by Gasteiger charge is -2.11. The number of anilines is 2. The molecular formula is C17H11N5S2. The van der Waals surface area contributed by atoms with Crippen molar-refractivity contribution in [2.45, 2.75) is 9.92 Å². The largest absolute Gasteiger partial charge is 0.399 e. The van der Waals surface area contributed by atoms with Gasteiger partial charge in [-0.1, -0.05) is 23.9 Å². The van der Waals surface area contributed by atoms with Crippen molar-refractivity contribution in [3.8, 4) is 22.6 Å². The molecular weight excluding hydrogens is 338 g/mol. The fourth-order valence-electron chi connectivity index (χ4n) is 2.23. The van der Waals surface area contributed by atoms with Gasteiger partial charge in [-0.2, -0.15) is 10.5 Å². The predicted octanol–water partition coefficient (Wildman–Crippen LogP) is 3.87. The lowest BCUT2D eigenvalue weighted by molar-refractivity contribution is 1.11. The molecule has 7 heteroatoms. The van der Waals surface area contributed by atoms with Gasteiger partial charge < -0.3 is 11.5 Å². The Morgan fingerprint density at radius 3 is 2.46 bits per heavy atom. The Hall–Kier alpha value is -3.00. The lowest BCUT2D eigenvalue weighted by atomic mass is 10.0. The van der Waals surface area contributed by atoms with Crippen molar-refractivity contribution in [3.63, 3.8) is 0 Å². The molecule has 24 heavy (non-hydrogen) atoms. The second kappa shape index (κ2) is 6.63. The molecule has 0 radical (unpaired) electrons. The summed E-state index contributed by atoms with van der Waals surface area (Å²) in [5.74, 6) is 0.117. The molecule has 2 heterocycles. The van der Waals surface area contributed by atoms with E-state index in [1.54, 1.807) is 12.1 Å². The van der Waals surface area contributed by atoms with E-state index in [1.165, 1.54) is 23.1 Å². The van der Waals surface area contributed by atoms with Gasteiger partial charge in [0.15, 0.2) is 0 Å². The van der Waals surface area contributed by atoms with Gasteiger partial charge in [-0.05, 0) is 29.6 Å². The molecule has 4 N–H and O–H groups in total. The van der Waals surface area contributed by atoms with E-state index in [4.69, 9.17) is 11.5 Å². The highest BCUT2D eigenvalue weighted by atomic mass is 32.2. The van der Waals surface area contributed by atoms with E-state index in [0.29, 0.717) is 21.8 Å². The number of benzene rings is 1. The van der Waals surface area contributed by atoms with Crippen LogP contribution in [0.3, 0.4) is 0 Å². The predicted molar refractivity (Wildman–Crippen MR) is 96.4 cm³/mol. The fourth-order valence-corrected chi connectivity index (χ4v) is 3.97. The molecule has 0 saturated carbocycles. The number of thiophene rings is 1. The molecule has 0 saturated heterocycles. The summed E-state index contributed by atoms with van der Waals surface area (Å²) in [5.41, 5.74) is 13.5. The summed E-state index contributed by atoms with van der Waals surface area (Å²) in [4.78, 5) is 5.93. The highest BCUT2D eigenvalue weighted by molar-refractivity contribution is 7.99. The van der Waals surface area contributed by atoms with E-state index in [-0.39, 0.29) is 11.4 Å². The molecule has 1 aromatic carbocycles. The minimum atomic E-state index is 0.117. The van der Waals surface area contributed by atoms with Crippen molar-refractivity contribution >= 4 is 34.6 Å². The van der Waals surface area contributed by atoms with Crippen molar-refractivity contribution < 1.29 is 0 Å². The van der Waals surface area contributed by atoms with Crippen molar-refractivity contribution in [2.24, 2.45) is 0 Å². The lowest BCUT2D eigenvalue weighted by Crippen LogP contribution is -2.02. The third-order valence-electron chi connectivity index (χ3n) is 3.26. The average Bonchev–Trinajstić information content (AvgIpc) is 3.08. The topological polar surface area (TPSA) is 113 Å². The Labute approximate surface area is 147 Å². The standard InChI is InChI=1S/C17H11N5S2/c18-8-12-15(14-5-2-6-23-14)13(9-19)17(22-16(12)21)24-11-4-1-3-10(20)7-11/h1-7H,20H2,(H2,21,22).